The van der Waals surface area contributed by atoms with E-state index in [0.717, 1.165) is 17.7 Å². The van der Waals surface area contributed by atoms with E-state index in [2.05, 4.69) is 0 Å². The van der Waals surface area contributed by atoms with E-state index >= 15 is 0 Å². The van der Waals surface area contributed by atoms with Crippen LogP contribution in [0.2, 0.25) is 0 Å². The topological polar surface area (TPSA) is 76.2 Å². The maximum absolute atomic E-state index is 12.7. The molecular formula is C17H24N2O5S. The molecule has 0 aliphatic carbocycles. The van der Waals surface area contributed by atoms with E-state index in [1.165, 1.54) is 10.6 Å². The van der Waals surface area contributed by atoms with Gasteiger partial charge in [0.2, 0.25) is 15.9 Å². The van der Waals surface area contributed by atoms with Crippen LogP contribution < -0.4 is 9.47 Å². The molecule has 138 valence electrons. The minimum Gasteiger partial charge on any atom is -0.486 e. The van der Waals surface area contributed by atoms with Crippen LogP contribution in [0.15, 0.2) is 18.2 Å². The van der Waals surface area contributed by atoms with Gasteiger partial charge in [0.05, 0.1) is 12.2 Å². The molecule has 0 aromatic heterocycles. The predicted molar refractivity (Wildman–Crippen MR) is 93.0 cm³/mol. The summed E-state index contributed by atoms with van der Waals surface area (Å²) in [5.74, 6) is 1.11. The maximum Gasteiger partial charge on any atom is 0.227 e. The number of ether oxygens (including phenoxy) is 2. The Morgan fingerprint density at radius 1 is 1.28 bits per heavy atom. The fourth-order valence-corrected chi connectivity index (χ4v) is 4.21. The second-order valence-electron chi connectivity index (χ2n) is 6.63. The molecule has 1 aromatic carbocycles. The Morgan fingerprint density at radius 2 is 2.00 bits per heavy atom. The lowest BCUT2D eigenvalue weighted by Crippen LogP contribution is -2.45. The number of fused-ring (bicyclic) bond motifs is 1. The SMILES string of the molecule is CN(Cc1ccc2c(c1)OCCO2)C(=O)C1CCCN(S(C)(=O)=O)C1. The summed E-state index contributed by atoms with van der Waals surface area (Å²) in [5.41, 5.74) is 0.955. The van der Waals surface area contributed by atoms with E-state index < -0.39 is 10.0 Å². The third-order valence-corrected chi connectivity index (χ3v) is 5.87. The summed E-state index contributed by atoms with van der Waals surface area (Å²) in [7, 11) is -1.51. The molecule has 1 unspecified atom stereocenters. The van der Waals surface area contributed by atoms with Crippen LogP contribution in [0.3, 0.4) is 0 Å². The molecule has 2 heterocycles. The Labute approximate surface area is 148 Å². The van der Waals surface area contributed by atoms with E-state index in [4.69, 9.17) is 9.47 Å². The quantitative estimate of drug-likeness (QED) is 0.795. The second-order valence-corrected chi connectivity index (χ2v) is 8.61. The lowest BCUT2D eigenvalue weighted by Gasteiger charge is -2.32. The first-order chi connectivity index (χ1) is 11.8. The first-order valence-corrected chi connectivity index (χ1v) is 10.3. The molecule has 2 aliphatic heterocycles. The van der Waals surface area contributed by atoms with Gasteiger partial charge < -0.3 is 14.4 Å². The van der Waals surface area contributed by atoms with Gasteiger partial charge >= 0.3 is 0 Å². The van der Waals surface area contributed by atoms with Gasteiger partial charge in [0.15, 0.2) is 11.5 Å². The standard InChI is InChI=1S/C17H24N2O5S/c1-18(11-13-5-6-15-16(10-13)24-9-8-23-15)17(20)14-4-3-7-19(12-14)25(2,21)22/h5-6,10,14H,3-4,7-9,11-12H2,1-2H3. The van der Waals surface area contributed by atoms with Crippen LogP contribution in [0.25, 0.3) is 0 Å². The highest BCUT2D eigenvalue weighted by molar-refractivity contribution is 7.88. The van der Waals surface area contributed by atoms with Crippen molar-refractivity contribution >= 4 is 15.9 Å². The van der Waals surface area contributed by atoms with E-state index in [-0.39, 0.29) is 18.4 Å². The smallest absolute Gasteiger partial charge is 0.227 e. The Morgan fingerprint density at radius 3 is 2.72 bits per heavy atom. The molecular weight excluding hydrogens is 344 g/mol. The summed E-state index contributed by atoms with van der Waals surface area (Å²) >= 11 is 0. The van der Waals surface area contributed by atoms with Crippen LogP contribution in [0.4, 0.5) is 0 Å². The van der Waals surface area contributed by atoms with E-state index in [1.807, 2.05) is 18.2 Å². The Hall–Kier alpha value is -1.80. The van der Waals surface area contributed by atoms with Crippen LogP contribution in [-0.4, -0.2) is 63.1 Å². The number of carbonyl (C=O) groups excluding carboxylic acids is 1. The van der Waals surface area contributed by atoms with E-state index in [0.29, 0.717) is 38.5 Å². The largest absolute Gasteiger partial charge is 0.486 e. The normalized spacial score (nSPS) is 21.0. The third kappa shape index (κ3) is 4.24. The molecule has 1 saturated heterocycles. The summed E-state index contributed by atoms with van der Waals surface area (Å²) in [4.78, 5) is 14.4. The highest BCUT2D eigenvalue weighted by Gasteiger charge is 2.31. The van der Waals surface area contributed by atoms with Crippen molar-refractivity contribution in [3.8, 4) is 11.5 Å². The van der Waals surface area contributed by atoms with Gasteiger partial charge in [0, 0.05) is 26.7 Å². The van der Waals surface area contributed by atoms with Crippen molar-refractivity contribution in [3.63, 3.8) is 0 Å². The molecule has 0 N–H and O–H groups in total. The van der Waals surface area contributed by atoms with E-state index in [1.54, 1.807) is 11.9 Å². The van der Waals surface area contributed by atoms with Gasteiger partial charge in [0.25, 0.3) is 0 Å². The van der Waals surface area contributed by atoms with Crippen molar-refractivity contribution in [1.82, 2.24) is 9.21 Å². The zero-order valence-electron chi connectivity index (χ0n) is 14.6. The minimum atomic E-state index is -3.26. The molecule has 1 amide bonds. The van der Waals surface area contributed by atoms with Crippen LogP contribution >= 0.6 is 0 Å². The highest BCUT2D eigenvalue weighted by Crippen LogP contribution is 2.31. The summed E-state index contributed by atoms with van der Waals surface area (Å²) in [6, 6.07) is 5.66. The van der Waals surface area contributed by atoms with Crippen LogP contribution in [0, 0.1) is 5.92 Å². The van der Waals surface area contributed by atoms with Crippen LogP contribution in [0.5, 0.6) is 11.5 Å². The molecule has 8 heteroatoms. The zero-order valence-corrected chi connectivity index (χ0v) is 15.4. The molecule has 2 aliphatic rings. The third-order valence-electron chi connectivity index (χ3n) is 4.60. The first kappa shape index (κ1) is 18.0. The van der Waals surface area contributed by atoms with Crippen LogP contribution in [-0.2, 0) is 21.4 Å². The number of sulfonamides is 1. The average Bonchev–Trinajstić information content (AvgIpc) is 2.60. The summed E-state index contributed by atoms with van der Waals surface area (Å²) in [6.45, 7) is 2.28. The molecule has 3 rings (SSSR count). The molecule has 25 heavy (non-hydrogen) atoms. The molecule has 1 atom stereocenters. The Bertz CT molecular complexity index is 749. The summed E-state index contributed by atoms with van der Waals surface area (Å²) < 4.78 is 35.9. The second kappa shape index (κ2) is 7.21. The lowest BCUT2D eigenvalue weighted by atomic mass is 9.98. The zero-order chi connectivity index (χ0) is 18.0. The fraction of sp³-hybridized carbons (Fsp3) is 0.588. The van der Waals surface area contributed by atoms with E-state index in [9.17, 15) is 13.2 Å². The van der Waals surface area contributed by atoms with Crippen molar-refractivity contribution in [3.05, 3.63) is 23.8 Å². The van der Waals surface area contributed by atoms with Crippen molar-refractivity contribution in [2.75, 3.05) is 39.6 Å². The number of piperidine rings is 1. The van der Waals surface area contributed by atoms with Crippen molar-refractivity contribution in [2.24, 2.45) is 5.92 Å². The van der Waals surface area contributed by atoms with Crippen molar-refractivity contribution in [1.29, 1.82) is 0 Å². The number of rotatable bonds is 4. The van der Waals surface area contributed by atoms with Crippen LogP contribution in [0.1, 0.15) is 18.4 Å². The number of hydrogen-bond acceptors (Lipinski definition) is 5. The van der Waals surface area contributed by atoms with Gasteiger partial charge in [-0.15, -0.1) is 0 Å². The molecule has 0 spiro atoms. The monoisotopic (exact) mass is 368 g/mol. The predicted octanol–water partition coefficient (Wildman–Crippen LogP) is 1.09. The van der Waals surface area contributed by atoms with Gasteiger partial charge in [0.1, 0.15) is 13.2 Å². The maximum atomic E-state index is 12.7. The van der Waals surface area contributed by atoms with Gasteiger partial charge in [-0.1, -0.05) is 6.07 Å². The molecule has 7 nitrogen and oxygen atoms in total. The van der Waals surface area contributed by atoms with Crippen molar-refractivity contribution in [2.45, 2.75) is 19.4 Å². The number of nitrogens with zero attached hydrogens (tertiary/aromatic N) is 2. The fourth-order valence-electron chi connectivity index (χ4n) is 3.29. The number of amides is 1. The molecule has 1 fully saturated rings. The average molecular weight is 368 g/mol. The molecule has 0 bridgehead atoms. The van der Waals surface area contributed by atoms with Gasteiger partial charge in [-0.3, -0.25) is 4.79 Å². The van der Waals surface area contributed by atoms with Crippen molar-refractivity contribution < 1.29 is 22.7 Å². The molecule has 0 radical (unpaired) electrons. The van der Waals surface area contributed by atoms with Gasteiger partial charge in [-0.25, -0.2) is 12.7 Å². The lowest BCUT2D eigenvalue weighted by molar-refractivity contribution is -0.135. The number of hydrogen-bond donors (Lipinski definition) is 0. The minimum absolute atomic E-state index is 0.0248. The summed E-state index contributed by atoms with van der Waals surface area (Å²) in [6.07, 6.45) is 2.62. The van der Waals surface area contributed by atoms with Gasteiger partial charge in [-0.2, -0.15) is 0 Å². The molecule has 1 aromatic rings. The van der Waals surface area contributed by atoms with Gasteiger partial charge in [-0.05, 0) is 30.5 Å². The Balaban J connectivity index is 1.64. The Kier molecular flexibility index (Phi) is 5.19. The highest BCUT2D eigenvalue weighted by atomic mass is 32.2. The number of benzene rings is 1. The summed E-state index contributed by atoms with van der Waals surface area (Å²) in [5, 5.41) is 0. The molecule has 0 saturated carbocycles. The first-order valence-electron chi connectivity index (χ1n) is 8.43. The number of carbonyl (C=O) groups is 1.